The van der Waals surface area contributed by atoms with Crippen LogP contribution < -0.4 is 5.32 Å². The zero-order chi connectivity index (χ0) is 12.7. The highest BCUT2D eigenvalue weighted by atomic mass is 16.3. The summed E-state index contributed by atoms with van der Waals surface area (Å²) in [6.07, 6.45) is 7.69. The van der Waals surface area contributed by atoms with E-state index < -0.39 is 6.10 Å². The SMILES string of the molecule is CC(NC(=O)C1CCCC1O)C1CC2CCC1C2. The number of carbonyl (C=O) groups excluding carboxylic acids is 1. The fourth-order valence-corrected chi connectivity index (χ4v) is 4.59. The van der Waals surface area contributed by atoms with Crippen LogP contribution >= 0.6 is 0 Å². The molecule has 3 aliphatic rings. The average Bonchev–Trinajstić information content (AvgIpc) is 3.03. The first-order chi connectivity index (χ1) is 8.65. The Bertz CT molecular complexity index is 330. The Labute approximate surface area is 109 Å². The third kappa shape index (κ3) is 2.18. The largest absolute Gasteiger partial charge is 0.392 e. The molecule has 3 fully saturated rings. The lowest BCUT2D eigenvalue weighted by atomic mass is 9.83. The molecule has 3 saturated carbocycles. The summed E-state index contributed by atoms with van der Waals surface area (Å²) >= 11 is 0. The second-order valence-corrected chi connectivity index (χ2v) is 6.74. The molecule has 0 saturated heterocycles. The smallest absolute Gasteiger partial charge is 0.225 e. The number of aliphatic hydroxyl groups excluding tert-OH is 1. The van der Waals surface area contributed by atoms with Crippen molar-refractivity contribution in [2.75, 3.05) is 0 Å². The van der Waals surface area contributed by atoms with Gasteiger partial charge >= 0.3 is 0 Å². The van der Waals surface area contributed by atoms with Gasteiger partial charge in [-0.25, -0.2) is 0 Å². The molecule has 3 heteroatoms. The normalized spacial score (nSPS) is 44.2. The van der Waals surface area contributed by atoms with Crippen molar-refractivity contribution >= 4 is 5.91 Å². The molecule has 1 amide bonds. The molecule has 18 heavy (non-hydrogen) atoms. The molecule has 0 aromatic rings. The van der Waals surface area contributed by atoms with Gasteiger partial charge in [-0.1, -0.05) is 6.42 Å². The average molecular weight is 251 g/mol. The Morgan fingerprint density at radius 2 is 2.06 bits per heavy atom. The fraction of sp³-hybridized carbons (Fsp3) is 0.933. The van der Waals surface area contributed by atoms with Crippen molar-refractivity contribution in [3.63, 3.8) is 0 Å². The van der Waals surface area contributed by atoms with E-state index in [0.717, 1.165) is 31.1 Å². The number of hydrogen-bond acceptors (Lipinski definition) is 2. The van der Waals surface area contributed by atoms with Crippen LogP contribution in [-0.4, -0.2) is 23.2 Å². The van der Waals surface area contributed by atoms with E-state index >= 15 is 0 Å². The summed E-state index contributed by atoms with van der Waals surface area (Å²) in [5, 5.41) is 13.0. The molecule has 0 spiro atoms. The zero-order valence-corrected chi connectivity index (χ0v) is 11.3. The first kappa shape index (κ1) is 12.5. The van der Waals surface area contributed by atoms with E-state index in [0.29, 0.717) is 12.0 Å². The lowest BCUT2D eigenvalue weighted by molar-refractivity contribution is -0.128. The number of nitrogens with one attached hydrogen (secondary N) is 1. The number of aliphatic hydroxyl groups is 1. The van der Waals surface area contributed by atoms with E-state index in [1.807, 2.05) is 0 Å². The van der Waals surface area contributed by atoms with Crippen molar-refractivity contribution < 1.29 is 9.90 Å². The van der Waals surface area contributed by atoms with Gasteiger partial charge in [0.15, 0.2) is 0 Å². The third-order valence-electron chi connectivity index (χ3n) is 5.62. The summed E-state index contributed by atoms with van der Waals surface area (Å²) in [5.74, 6) is 2.41. The monoisotopic (exact) mass is 251 g/mol. The van der Waals surface area contributed by atoms with Gasteiger partial charge in [0.2, 0.25) is 5.91 Å². The maximum absolute atomic E-state index is 12.2. The molecular weight excluding hydrogens is 226 g/mol. The van der Waals surface area contributed by atoms with Gasteiger partial charge in [-0.2, -0.15) is 0 Å². The summed E-state index contributed by atoms with van der Waals surface area (Å²) in [7, 11) is 0. The Morgan fingerprint density at radius 3 is 2.61 bits per heavy atom. The van der Waals surface area contributed by atoms with Gasteiger partial charge in [-0.05, 0) is 63.2 Å². The molecular formula is C15H25NO2. The number of hydrogen-bond donors (Lipinski definition) is 2. The molecule has 6 atom stereocenters. The summed E-state index contributed by atoms with van der Waals surface area (Å²) in [5.41, 5.74) is 0. The molecule has 0 heterocycles. The molecule has 3 nitrogen and oxygen atoms in total. The van der Waals surface area contributed by atoms with Crippen LogP contribution in [0, 0.1) is 23.7 Å². The first-order valence-electron chi connectivity index (χ1n) is 7.63. The van der Waals surface area contributed by atoms with Gasteiger partial charge in [0, 0.05) is 6.04 Å². The van der Waals surface area contributed by atoms with Crippen molar-refractivity contribution in [1.29, 1.82) is 0 Å². The summed E-state index contributed by atoms with van der Waals surface area (Å²) in [4.78, 5) is 12.2. The van der Waals surface area contributed by atoms with E-state index in [1.54, 1.807) is 0 Å². The maximum atomic E-state index is 12.2. The molecule has 0 radical (unpaired) electrons. The van der Waals surface area contributed by atoms with Gasteiger partial charge in [0.25, 0.3) is 0 Å². The number of carbonyl (C=O) groups is 1. The minimum absolute atomic E-state index is 0.0928. The van der Waals surface area contributed by atoms with Crippen LogP contribution in [0.25, 0.3) is 0 Å². The summed E-state index contributed by atoms with van der Waals surface area (Å²) in [6.45, 7) is 2.16. The van der Waals surface area contributed by atoms with Crippen LogP contribution in [0.4, 0.5) is 0 Å². The van der Waals surface area contributed by atoms with Gasteiger partial charge in [-0.3, -0.25) is 4.79 Å². The van der Waals surface area contributed by atoms with Crippen molar-refractivity contribution in [3.05, 3.63) is 0 Å². The second-order valence-electron chi connectivity index (χ2n) is 6.74. The molecule has 0 aliphatic heterocycles. The lowest BCUT2D eigenvalue weighted by Gasteiger charge is -2.29. The van der Waals surface area contributed by atoms with Gasteiger partial charge < -0.3 is 10.4 Å². The van der Waals surface area contributed by atoms with Gasteiger partial charge in [-0.15, -0.1) is 0 Å². The Balaban J connectivity index is 1.54. The third-order valence-corrected chi connectivity index (χ3v) is 5.62. The van der Waals surface area contributed by atoms with E-state index in [9.17, 15) is 9.90 Å². The molecule has 3 aliphatic carbocycles. The maximum Gasteiger partial charge on any atom is 0.225 e. The minimum Gasteiger partial charge on any atom is -0.392 e. The van der Waals surface area contributed by atoms with E-state index in [-0.39, 0.29) is 11.8 Å². The molecule has 102 valence electrons. The highest BCUT2D eigenvalue weighted by Gasteiger charge is 2.42. The predicted octanol–water partition coefficient (Wildman–Crippen LogP) is 2.09. The molecule has 0 aromatic carbocycles. The van der Waals surface area contributed by atoms with Crippen molar-refractivity contribution in [3.8, 4) is 0 Å². The molecule has 2 bridgehead atoms. The standard InChI is InChI=1S/C15H25NO2/c1-9(13-8-10-5-6-11(13)7-10)16-15(18)12-3-2-4-14(12)17/h9-14,17H,2-8H2,1H3,(H,16,18). The Kier molecular flexibility index (Phi) is 3.35. The van der Waals surface area contributed by atoms with Crippen LogP contribution in [0.15, 0.2) is 0 Å². The van der Waals surface area contributed by atoms with Crippen molar-refractivity contribution in [2.45, 2.75) is 64.0 Å². The molecule has 0 aromatic heterocycles. The van der Waals surface area contributed by atoms with Gasteiger partial charge in [0.1, 0.15) is 0 Å². The van der Waals surface area contributed by atoms with Crippen molar-refractivity contribution in [2.24, 2.45) is 23.7 Å². The summed E-state index contributed by atoms with van der Waals surface area (Å²) in [6, 6.07) is 0.292. The number of fused-ring (bicyclic) bond motifs is 2. The quantitative estimate of drug-likeness (QED) is 0.807. The zero-order valence-electron chi connectivity index (χ0n) is 11.3. The molecule has 3 rings (SSSR count). The van der Waals surface area contributed by atoms with Crippen LogP contribution in [-0.2, 0) is 4.79 Å². The van der Waals surface area contributed by atoms with Crippen LogP contribution in [0.2, 0.25) is 0 Å². The summed E-state index contributed by atoms with van der Waals surface area (Å²) < 4.78 is 0. The predicted molar refractivity (Wildman–Crippen MR) is 69.9 cm³/mol. The van der Waals surface area contributed by atoms with Crippen molar-refractivity contribution in [1.82, 2.24) is 5.32 Å². The van der Waals surface area contributed by atoms with Crippen LogP contribution in [0.3, 0.4) is 0 Å². The van der Waals surface area contributed by atoms with Gasteiger partial charge in [0.05, 0.1) is 12.0 Å². The molecule has 2 N–H and O–H groups in total. The highest BCUT2D eigenvalue weighted by molar-refractivity contribution is 5.79. The number of amides is 1. The first-order valence-corrected chi connectivity index (χ1v) is 7.63. The van der Waals surface area contributed by atoms with E-state index in [2.05, 4.69) is 12.2 Å². The minimum atomic E-state index is -0.405. The lowest BCUT2D eigenvalue weighted by Crippen LogP contribution is -2.44. The van der Waals surface area contributed by atoms with Crippen LogP contribution in [0.1, 0.15) is 51.9 Å². The second kappa shape index (κ2) is 4.84. The Morgan fingerprint density at radius 1 is 1.22 bits per heavy atom. The number of rotatable bonds is 3. The van der Waals surface area contributed by atoms with E-state index in [4.69, 9.17) is 0 Å². The fourth-order valence-electron chi connectivity index (χ4n) is 4.59. The topological polar surface area (TPSA) is 49.3 Å². The van der Waals surface area contributed by atoms with Crippen LogP contribution in [0.5, 0.6) is 0 Å². The molecule has 6 unspecified atom stereocenters. The highest BCUT2D eigenvalue weighted by Crippen LogP contribution is 2.49. The Hall–Kier alpha value is -0.570. The van der Waals surface area contributed by atoms with E-state index in [1.165, 1.54) is 25.7 Å².